The molecule has 132 valence electrons. The molecule has 0 N–H and O–H groups in total. The standard InChI is InChI=1S/C17H21F3O2.CH4.H2/c1-10-2-4-11(5-3-10)13-8-21-17(22-9-13)12-6-14(18)16(20)15(19)7-12;;/h6-7,10-11,13,17H,2-5,8-9H2,1H3;1H4;1H. The Morgan fingerprint density at radius 2 is 1.43 bits per heavy atom. The van der Waals surface area contributed by atoms with E-state index in [1.165, 1.54) is 25.7 Å². The number of benzene rings is 1. The molecule has 1 aliphatic heterocycles. The monoisotopic (exact) mass is 332 g/mol. The summed E-state index contributed by atoms with van der Waals surface area (Å²) >= 11 is 0. The molecule has 1 aliphatic carbocycles. The van der Waals surface area contributed by atoms with Crippen LogP contribution in [0.3, 0.4) is 0 Å². The second-order valence-electron chi connectivity index (χ2n) is 6.58. The maximum atomic E-state index is 13.3. The highest BCUT2D eigenvalue weighted by Crippen LogP contribution is 2.37. The number of halogens is 3. The second-order valence-corrected chi connectivity index (χ2v) is 6.58. The molecule has 0 bridgehead atoms. The van der Waals surface area contributed by atoms with Gasteiger partial charge in [-0.05, 0) is 36.8 Å². The lowest BCUT2D eigenvalue weighted by Gasteiger charge is -2.37. The summed E-state index contributed by atoms with van der Waals surface area (Å²) in [4.78, 5) is 0. The molecule has 2 nitrogen and oxygen atoms in total. The zero-order valence-corrected chi connectivity index (χ0v) is 12.7. The van der Waals surface area contributed by atoms with Crippen molar-refractivity contribution in [1.29, 1.82) is 0 Å². The normalized spacial score (nSPS) is 31.5. The molecule has 0 atom stereocenters. The van der Waals surface area contributed by atoms with Gasteiger partial charge < -0.3 is 9.47 Å². The lowest BCUT2D eigenvalue weighted by atomic mass is 9.76. The Bertz CT molecular complexity index is 502. The van der Waals surface area contributed by atoms with Crippen molar-refractivity contribution in [3.05, 3.63) is 35.1 Å². The summed E-state index contributed by atoms with van der Waals surface area (Å²) in [5, 5.41) is 0. The highest BCUT2D eigenvalue weighted by molar-refractivity contribution is 5.20. The molecule has 1 aromatic carbocycles. The SMILES string of the molecule is C.CC1CCC(C2COC(c3cc(F)c(F)c(F)c3)OC2)CC1.[HH]. The van der Waals surface area contributed by atoms with Gasteiger partial charge in [0.2, 0.25) is 0 Å². The summed E-state index contributed by atoms with van der Waals surface area (Å²) in [6.07, 6.45) is 4.02. The van der Waals surface area contributed by atoms with Crippen LogP contribution in [0.2, 0.25) is 0 Å². The molecule has 3 rings (SSSR count). The molecule has 1 saturated heterocycles. The van der Waals surface area contributed by atoms with Crippen LogP contribution in [0.15, 0.2) is 12.1 Å². The summed E-state index contributed by atoms with van der Waals surface area (Å²) in [6, 6.07) is 1.87. The zero-order valence-electron chi connectivity index (χ0n) is 12.7. The Balaban J connectivity index is 0.00000144. The van der Waals surface area contributed by atoms with Crippen LogP contribution < -0.4 is 0 Å². The van der Waals surface area contributed by atoms with E-state index in [-0.39, 0.29) is 14.4 Å². The molecule has 23 heavy (non-hydrogen) atoms. The van der Waals surface area contributed by atoms with Gasteiger partial charge in [-0.2, -0.15) is 0 Å². The predicted octanol–water partition coefficient (Wildman–Crippen LogP) is 5.47. The van der Waals surface area contributed by atoms with Crippen LogP contribution >= 0.6 is 0 Å². The van der Waals surface area contributed by atoms with Crippen molar-refractivity contribution in [3.8, 4) is 0 Å². The number of hydrogen-bond acceptors (Lipinski definition) is 2. The fourth-order valence-corrected chi connectivity index (χ4v) is 3.45. The van der Waals surface area contributed by atoms with Crippen molar-refractivity contribution in [2.24, 2.45) is 17.8 Å². The van der Waals surface area contributed by atoms with Crippen molar-refractivity contribution in [2.45, 2.75) is 46.3 Å². The third kappa shape index (κ3) is 4.07. The summed E-state index contributed by atoms with van der Waals surface area (Å²) in [5.41, 5.74) is 0.187. The van der Waals surface area contributed by atoms with Crippen molar-refractivity contribution >= 4 is 0 Å². The molecule has 5 heteroatoms. The van der Waals surface area contributed by atoms with E-state index >= 15 is 0 Å². The molecular weight excluding hydrogens is 305 g/mol. The minimum atomic E-state index is -1.46. The fraction of sp³-hybridized carbons (Fsp3) is 0.667. The molecule has 0 spiro atoms. The van der Waals surface area contributed by atoms with Crippen LogP contribution in [0.5, 0.6) is 0 Å². The van der Waals surface area contributed by atoms with Gasteiger partial charge in [-0.1, -0.05) is 27.2 Å². The first kappa shape index (κ1) is 18.3. The summed E-state index contributed by atoms with van der Waals surface area (Å²) in [7, 11) is 0. The summed E-state index contributed by atoms with van der Waals surface area (Å²) < 4.78 is 50.8. The van der Waals surface area contributed by atoms with Gasteiger partial charge in [-0.25, -0.2) is 13.2 Å². The average Bonchev–Trinajstić information content (AvgIpc) is 2.53. The second kappa shape index (κ2) is 7.67. The van der Waals surface area contributed by atoms with Gasteiger partial charge in [0.25, 0.3) is 0 Å². The lowest BCUT2D eigenvalue weighted by Crippen LogP contribution is -2.34. The summed E-state index contributed by atoms with van der Waals surface area (Å²) in [6.45, 7) is 3.31. The van der Waals surface area contributed by atoms with Crippen molar-refractivity contribution in [1.82, 2.24) is 0 Å². The first-order valence-corrected chi connectivity index (χ1v) is 7.92. The largest absolute Gasteiger partial charge is 0.348 e. The van der Waals surface area contributed by atoms with E-state index in [0.717, 1.165) is 18.1 Å². The molecule has 0 amide bonds. The minimum absolute atomic E-state index is 0. The molecule has 1 heterocycles. The van der Waals surface area contributed by atoms with Crippen molar-refractivity contribution < 1.29 is 24.1 Å². The van der Waals surface area contributed by atoms with E-state index < -0.39 is 23.7 Å². The minimum Gasteiger partial charge on any atom is -0.348 e. The molecule has 0 aromatic heterocycles. The van der Waals surface area contributed by atoms with Crippen LogP contribution in [-0.2, 0) is 9.47 Å². The fourth-order valence-electron chi connectivity index (χ4n) is 3.45. The van der Waals surface area contributed by atoms with E-state index in [1.54, 1.807) is 0 Å². The maximum absolute atomic E-state index is 13.3. The van der Waals surface area contributed by atoms with Gasteiger partial charge in [-0.3, -0.25) is 0 Å². The summed E-state index contributed by atoms with van der Waals surface area (Å²) in [5.74, 6) is -2.18. The highest BCUT2D eigenvalue weighted by atomic mass is 19.2. The molecule has 2 fully saturated rings. The van der Waals surface area contributed by atoms with Gasteiger partial charge in [0.05, 0.1) is 13.2 Å². The molecule has 0 radical (unpaired) electrons. The van der Waals surface area contributed by atoms with Crippen molar-refractivity contribution in [3.63, 3.8) is 0 Å². The zero-order chi connectivity index (χ0) is 15.7. The van der Waals surface area contributed by atoms with Gasteiger partial charge >= 0.3 is 0 Å². The van der Waals surface area contributed by atoms with Crippen LogP contribution in [-0.4, -0.2) is 13.2 Å². The van der Waals surface area contributed by atoms with E-state index in [1.807, 2.05) is 0 Å². The first-order valence-electron chi connectivity index (χ1n) is 7.92. The Morgan fingerprint density at radius 3 is 1.96 bits per heavy atom. The lowest BCUT2D eigenvalue weighted by molar-refractivity contribution is -0.214. The van der Waals surface area contributed by atoms with E-state index in [9.17, 15) is 13.2 Å². The van der Waals surface area contributed by atoms with Crippen LogP contribution in [0.25, 0.3) is 0 Å². The average molecular weight is 332 g/mol. The Hall–Kier alpha value is -1.07. The van der Waals surface area contributed by atoms with Gasteiger partial charge in [0.1, 0.15) is 0 Å². The molecule has 0 unspecified atom stereocenters. The number of rotatable bonds is 2. The van der Waals surface area contributed by atoms with E-state index in [0.29, 0.717) is 25.0 Å². The van der Waals surface area contributed by atoms with E-state index in [4.69, 9.17) is 9.47 Å². The Labute approximate surface area is 137 Å². The molecular formula is C18H27F3O2. The molecule has 1 aromatic rings. The van der Waals surface area contributed by atoms with Gasteiger partial charge in [0.15, 0.2) is 23.7 Å². The van der Waals surface area contributed by atoms with Crippen LogP contribution in [0, 0.1) is 35.2 Å². The van der Waals surface area contributed by atoms with Crippen LogP contribution in [0.1, 0.15) is 53.3 Å². The number of ether oxygens (including phenoxy) is 2. The predicted molar refractivity (Wildman–Crippen MR) is 84.4 cm³/mol. The van der Waals surface area contributed by atoms with Gasteiger partial charge in [0, 0.05) is 12.9 Å². The Morgan fingerprint density at radius 1 is 0.913 bits per heavy atom. The number of hydrogen-bond donors (Lipinski definition) is 0. The smallest absolute Gasteiger partial charge is 0.194 e. The topological polar surface area (TPSA) is 18.5 Å². The van der Waals surface area contributed by atoms with E-state index in [2.05, 4.69) is 6.92 Å². The highest BCUT2D eigenvalue weighted by Gasteiger charge is 2.32. The Kier molecular flexibility index (Phi) is 6.09. The quantitative estimate of drug-likeness (QED) is 0.668. The van der Waals surface area contributed by atoms with Crippen LogP contribution in [0.4, 0.5) is 13.2 Å². The third-order valence-corrected chi connectivity index (χ3v) is 4.93. The third-order valence-electron chi connectivity index (χ3n) is 4.93. The maximum Gasteiger partial charge on any atom is 0.194 e. The first-order chi connectivity index (χ1) is 10.5. The van der Waals surface area contributed by atoms with Gasteiger partial charge in [-0.15, -0.1) is 0 Å². The molecule has 2 aliphatic rings. The molecule has 1 saturated carbocycles. The van der Waals surface area contributed by atoms with Crippen molar-refractivity contribution in [2.75, 3.05) is 13.2 Å².